The quantitative estimate of drug-likeness (QED) is 0.301. The van der Waals surface area contributed by atoms with Crippen molar-refractivity contribution in [3.05, 3.63) is 68.2 Å². The first-order chi connectivity index (χ1) is 17.3. The molecule has 196 valence electrons. The summed E-state index contributed by atoms with van der Waals surface area (Å²) in [4.78, 5) is 26.2. The molecule has 36 heavy (non-hydrogen) atoms. The number of fused-ring (bicyclic) bond motifs is 1. The van der Waals surface area contributed by atoms with E-state index in [1.807, 2.05) is 6.07 Å². The fourth-order valence-electron chi connectivity index (χ4n) is 4.38. The number of likely N-dealkylation sites (N-methyl/N-ethyl adjacent to an activating group) is 1. The zero-order chi connectivity index (χ0) is 26.1. The Morgan fingerprint density at radius 1 is 1.19 bits per heavy atom. The number of benzene rings is 2. The molecule has 1 atom stereocenters. The van der Waals surface area contributed by atoms with Crippen molar-refractivity contribution in [3.63, 3.8) is 0 Å². The Kier molecular flexibility index (Phi) is 10.8. The largest absolute Gasteiger partial charge is 0.377 e. The molecule has 1 aliphatic rings. The van der Waals surface area contributed by atoms with E-state index in [4.69, 9.17) is 38.4 Å². The number of aryl methyl sites for hydroxylation is 1. The molecule has 2 aromatic rings. The van der Waals surface area contributed by atoms with E-state index >= 15 is 0 Å². The van der Waals surface area contributed by atoms with Gasteiger partial charge in [0.25, 0.3) is 0 Å². The molecule has 0 spiro atoms. The number of halogens is 2. The van der Waals surface area contributed by atoms with Crippen LogP contribution in [0.3, 0.4) is 0 Å². The van der Waals surface area contributed by atoms with Crippen molar-refractivity contribution in [2.24, 2.45) is 5.73 Å². The van der Waals surface area contributed by atoms with Gasteiger partial charge in [-0.25, -0.2) is 4.79 Å². The maximum absolute atomic E-state index is 11.6. The first-order valence-electron chi connectivity index (χ1n) is 11.9. The minimum atomic E-state index is -0.574. The smallest absolute Gasteiger partial charge is 0.312 e. The maximum Gasteiger partial charge on any atom is 0.312 e. The Balaban J connectivity index is 1.53. The van der Waals surface area contributed by atoms with Gasteiger partial charge in [0.1, 0.15) is 0 Å². The lowest BCUT2D eigenvalue weighted by Gasteiger charge is -2.33. The van der Waals surface area contributed by atoms with E-state index in [0.29, 0.717) is 56.1 Å². The number of urea groups is 1. The molecule has 2 aromatic carbocycles. The number of carbonyl (C=O) groups is 2. The van der Waals surface area contributed by atoms with Crippen LogP contribution < -0.4 is 11.1 Å². The van der Waals surface area contributed by atoms with E-state index in [9.17, 15) is 9.59 Å². The zero-order valence-electron chi connectivity index (χ0n) is 20.8. The lowest BCUT2D eigenvalue weighted by atomic mass is 9.83. The second kappa shape index (κ2) is 13.8. The van der Waals surface area contributed by atoms with Gasteiger partial charge in [-0.15, -0.1) is 0 Å². The first-order valence-corrected chi connectivity index (χ1v) is 12.7. The number of hydrogen-bond donors (Lipinski definition) is 2. The van der Waals surface area contributed by atoms with Crippen molar-refractivity contribution in [3.8, 4) is 0 Å². The Hall–Kier alpha value is -2.36. The van der Waals surface area contributed by atoms with Gasteiger partial charge < -0.3 is 30.3 Å². The van der Waals surface area contributed by atoms with Gasteiger partial charge in [0, 0.05) is 48.7 Å². The summed E-state index contributed by atoms with van der Waals surface area (Å²) in [5.41, 5.74) is 10.7. The fourth-order valence-corrected chi connectivity index (χ4v) is 4.95. The molecule has 3 amide bonds. The summed E-state index contributed by atoms with van der Waals surface area (Å²) < 4.78 is 10.9. The Bertz CT molecular complexity index is 1050. The lowest BCUT2D eigenvalue weighted by Crippen LogP contribution is -2.32. The zero-order valence-corrected chi connectivity index (χ0v) is 22.3. The number of amides is 3. The summed E-state index contributed by atoms with van der Waals surface area (Å²) in [6, 6.07) is 9.69. The molecule has 0 bridgehead atoms. The molecule has 10 heteroatoms. The van der Waals surface area contributed by atoms with Crippen molar-refractivity contribution < 1.29 is 19.1 Å². The molecule has 0 aliphatic carbocycles. The third-order valence-electron chi connectivity index (χ3n) is 6.22. The van der Waals surface area contributed by atoms with Gasteiger partial charge in [0.15, 0.2) is 0 Å². The molecule has 3 N–H and O–H groups in total. The minimum Gasteiger partial charge on any atom is -0.377 e. The van der Waals surface area contributed by atoms with Crippen molar-refractivity contribution in [1.82, 2.24) is 15.1 Å². The topological polar surface area (TPSA) is 97.1 Å². The fraction of sp³-hybridized carbons (Fsp3) is 0.462. The summed E-state index contributed by atoms with van der Waals surface area (Å²) >= 11 is 12.8. The van der Waals surface area contributed by atoms with Crippen LogP contribution in [0.25, 0.3) is 0 Å². The Morgan fingerprint density at radius 3 is 2.64 bits per heavy atom. The third-order valence-corrected chi connectivity index (χ3v) is 6.78. The van der Waals surface area contributed by atoms with Gasteiger partial charge in [-0.2, -0.15) is 0 Å². The van der Waals surface area contributed by atoms with Crippen molar-refractivity contribution in [2.75, 3.05) is 53.1 Å². The highest BCUT2D eigenvalue weighted by Crippen LogP contribution is 2.38. The molecular formula is C26H34Cl2N4O4. The summed E-state index contributed by atoms with van der Waals surface area (Å²) in [6.45, 7) is 6.67. The predicted octanol–water partition coefficient (Wildman–Crippen LogP) is 3.54. The molecule has 0 fully saturated rings. The Labute approximate surface area is 222 Å². The van der Waals surface area contributed by atoms with E-state index < -0.39 is 6.03 Å². The molecule has 1 aliphatic heterocycles. The van der Waals surface area contributed by atoms with Gasteiger partial charge in [0.05, 0.1) is 26.4 Å². The van der Waals surface area contributed by atoms with Crippen LogP contribution in [-0.4, -0.2) is 75.4 Å². The van der Waals surface area contributed by atoms with Gasteiger partial charge in [-0.3, -0.25) is 4.79 Å². The van der Waals surface area contributed by atoms with Gasteiger partial charge in [-0.05, 0) is 53.9 Å². The van der Waals surface area contributed by atoms with Crippen molar-refractivity contribution in [2.45, 2.75) is 25.9 Å². The number of nitrogens with zero attached hydrogens (tertiary/aromatic N) is 2. The Morgan fingerprint density at radius 2 is 1.94 bits per heavy atom. The highest BCUT2D eigenvalue weighted by Gasteiger charge is 2.27. The number of hydrogen-bond acceptors (Lipinski definition) is 5. The molecular weight excluding hydrogens is 503 g/mol. The molecule has 8 nitrogen and oxygen atoms in total. The number of nitrogens with two attached hydrogens (primary N) is 1. The number of nitrogens with one attached hydrogen (secondary N) is 1. The van der Waals surface area contributed by atoms with E-state index in [0.717, 1.165) is 36.2 Å². The number of rotatable bonds is 13. The normalized spacial score (nSPS) is 15.4. The number of carbonyl (C=O) groups excluding carboxylic acids is 2. The third kappa shape index (κ3) is 8.08. The van der Waals surface area contributed by atoms with Crippen LogP contribution in [-0.2, 0) is 27.4 Å². The summed E-state index contributed by atoms with van der Waals surface area (Å²) in [7, 11) is 2.10. The van der Waals surface area contributed by atoms with Crippen LogP contribution in [0.1, 0.15) is 33.7 Å². The monoisotopic (exact) mass is 536 g/mol. The van der Waals surface area contributed by atoms with Crippen LogP contribution in [0.2, 0.25) is 10.0 Å². The van der Waals surface area contributed by atoms with Crippen LogP contribution >= 0.6 is 23.2 Å². The second-order valence-electron chi connectivity index (χ2n) is 8.98. The summed E-state index contributed by atoms with van der Waals surface area (Å²) in [5.74, 6) is 0.173. The van der Waals surface area contributed by atoms with Crippen molar-refractivity contribution in [1.29, 1.82) is 0 Å². The standard InChI is InChI=1S/C26H34Cl2N4O4/c1-18-11-19(23-15-31(2)16-24-22(23)12-21(27)13-25(24)28)3-4-20(18)14-32(17-33)6-8-36-10-9-35-7-5-30-26(29)34/h3-4,11-13,17,23H,5-10,14-16H2,1-2H3,(H3,29,30,34). The van der Waals surface area contributed by atoms with Gasteiger partial charge in [-0.1, -0.05) is 41.4 Å². The van der Waals surface area contributed by atoms with Crippen molar-refractivity contribution >= 4 is 35.6 Å². The minimum absolute atomic E-state index is 0.173. The van der Waals surface area contributed by atoms with E-state index in [1.54, 1.807) is 11.0 Å². The van der Waals surface area contributed by atoms with Crippen LogP contribution in [0, 0.1) is 6.92 Å². The second-order valence-corrected chi connectivity index (χ2v) is 9.83. The lowest BCUT2D eigenvalue weighted by molar-refractivity contribution is -0.119. The molecule has 0 aromatic heterocycles. The molecule has 1 unspecified atom stereocenters. The van der Waals surface area contributed by atoms with Crippen LogP contribution in [0.4, 0.5) is 4.79 Å². The maximum atomic E-state index is 11.6. The van der Waals surface area contributed by atoms with E-state index in [-0.39, 0.29) is 5.92 Å². The molecule has 0 saturated carbocycles. The SMILES string of the molecule is Cc1cc(C2CN(C)Cc3c(Cl)cc(Cl)cc32)ccc1CN(C=O)CCOCCOCCNC(N)=O. The molecule has 0 radical (unpaired) electrons. The van der Waals surface area contributed by atoms with E-state index in [2.05, 4.69) is 42.4 Å². The molecule has 3 rings (SSSR count). The first kappa shape index (κ1) is 28.2. The highest BCUT2D eigenvalue weighted by molar-refractivity contribution is 6.35. The summed E-state index contributed by atoms with van der Waals surface area (Å²) in [5, 5.41) is 3.80. The summed E-state index contributed by atoms with van der Waals surface area (Å²) in [6.07, 6.45) is 0.846. The number of primary amides is 1. The van der Waals surface area contributed by atoms with Gasteiger partial charge in [0.2, 0.25) is 6.41 Å². The average Bonchev–Trinajstić information content (AvgIpc) is 2.83. The molecule has 1 heterocycles. The molecule has 0 saturated heterocycles. The highest BCUT2D eigenvalue weighted by atomic mass is 35.5. The van der Waals surface area contributed by atoms with Gasteiger partial charge >= 0.3 is 6.03 Å². The predicted molar refractivity (Wildman–Crippen MR) is 142 cm³/mol. The van der Waals surface area contributed by atoms with E-state index in [1.165, 1.54) is 11.1 Å². The van der Waals surface area contributed by atoms with Crippen LogP contribution in [0.15, 0.2) is 30.3 Å². The average molecular weight is 537 g/mol. The number of ether oxygens (including phenoxy) is 2. The van der Waals surface area contributed by atoms with Crippen LogP contribution in [0.5, 0.6) is 0 Å².